The largest absolute Gasteiger partial charge is 0.332 e. The first kappa shape index (κ1) is 26.5. The zero-order valence-electron chi connectivity index (χ0n) is 22.1. The van der Waals surface area contributed by atoms with E-state index in [4.69, 9.17) is 16.6 Å². The van der Waals surface area contributed by atoms with Gasteiger partial charge in [-0.05, 0) is 50.0 Å². The van der Waals surface area contributed by atoms with Crippen molar-refractivity contribution in [1.29, 1.82) is 0 Å². The lowest BCUT2D eigenvalue weighted by molar-refractivity contribution is -0.111. The van der Waals surface area contributed by atoms with E-state index in [1.165, 1.54) is 15.2 Å². The lowest BCUT2D eigenvalue weighted by Crippen LogP contribution is -2.42. The van der Waals surface area contributed by atoms with E-state index in [1.54, 1.807) is 31.3 Å². The molecule has 11 heteroatoms. The molecule has 202 valence electrons. The van der Waals surface area contributed by atoms with E-state index in [-0.39, 0.29) is 18.4 Å². The van der Waals surface area contributed by atoms with Gasteiger partial charge in [0.2, 0.25) is 11.9 Å². The van der Waals surface area contributed by atoms with Crippen LogP contribution in [0.5, 0.6) is 0 Å². The Hall–Kier alpha value is -4.15. The van der Waals surface area contributed by atoms with E-state index in [1.807, 2.05) is 47.8 Å². The van der Waals surface area contributed by atoms with Crippen molar-refractivity contribution in [2.75, 3.05) is 37.4 Å². The molecule has 2 aromatic carbocycles. The SMILES string of the molecule is C=CC(=O)Nc1cccc(N2CC(CN(C)C)Cn3c2nc2c3c(=O)n(Cc3ccccc3Cl)c(=O)n2C)c1. The van der Waals surface area contributed by atoms with Gasteiger partial charge < -0.3 is 19.7 Å². The highest BCUT2D eigenvalue weighted by atomic mass is 35.5. The number of aryl methyl sites for hydroxylation is 1. The number of carbonyl (C=O) groups is 1. The summed E-state index contributed by atoms with van der Waals surface area (Å²) in [4.78, 5) is 48.1. The van der Waals surface area contributed by atoms with Crippen LogP contribution in [0.3, 0.4) is 0 Å². The van der Waals surface area contributed by atoms with E-state index >= 15 is 0 Å². The van der Waals surface area contributed by atoms with Crippen molar-refractivity contribution in [3.05, 3.63) is 92.6 Å². The van der Waals surface area contributed by atoms with E-state index in [0.29, 0.717) is 46.5 Å². The van der Waals surface area contributed by atoms with Gasteiger partial charge in [0.15, 0.2) is 11.2 Å². The highest BCUT2D eigenvalue weighted by Gasteiger charge is 2.32. The Morgan fingerprint density at radius 1 is 1.18 bits per heavy atom. The van der Waals surface area contributed by atoms with Gasteiger partial charge in [-0.1, -0.05) is 42.4 Å². The highest BCUT2D eigenvalue weighted by Crippen LogP contribution is 2.34. The number of aromatic nitrogens is 4. The first-order chi connectivity index (χ1) is 18.7. The van der Waals surface area contributed by atoms with Crippen molar-refractivity contribution in [3.8, 4) is 0 Å². The molecule has 4 aromatic rings. The third-order valence-corrected chi connectivity index (χ3v) is 7.22. The standard InChI is InChI=1S/C28H30ClN7O3/c1-5-23(37)30-20-10-8-11-21(13-20)34-15-18(14-32(2)3)16-35-24-25(31-27(34)35)33(4)28(39)36(26(24)38)17-19-9-6-7-12-22(19)29/h5-13,18H,1,14-17H2,2-4H3,(H,30,37). The van der Waals surface area contributed by atoms with Crippen LogP contribution >= 0.6 is 11.6 Å². The van der Waals surface area contributed by atoms with Crippen molar-refractivity contribution in [2.45, 2.75) is 13.1 Å². The average molecular weight is 548 g/mol. The number of carbonyl (C=O) groups excluding carboxylic acids is 1. The number of hydrogen-bond donors (Lipinski definition) is 1. The summed E-state index contributed by atoms with van der Waals surface area (Å²) < 4.78 is 4.54. The predicted octanol–water partition coefficient (Wildman–Crippen LogP) is 3.05. The number of nitrogens with zero attached hydrogens (tertiary/aromatic N) is 6. The van der Waals surface area contributed by atoms with Gasteiger partial charge in [-0.2, -0.15) is 4.98 Å². The molecular weight excluding hydrogens is 518 g/mol. The number of rotatable bonds is 7. The minimum atomic E-state index is -0.464. The van der Waals surface area contributed by atoms with Crippen LogP contribution in [0.1, 0.15) is 5.56 Å². The van der Waals surface area contributed by atoms with Crippen LogP contribution < -0.4 is 21.5 Å². The van der Waals surface area contributed by atoms with E-state index in [9.17, 15) is 14.4 Å². The predicted molar refractivity (Wildman–Crippen MR) is 154 cm³/mol. The van der Waals surface area contributed by atoms with Crippen LogP contribution in [0, 0.1) is 5.92 Å². The van der Waals surface area contributed by atoms with Gasteiger partial charge in [-0.3, -0.25) is 18.7 Å². The van der Waals surface area contributed by atoms with Crippen LogP contribution in [0.15, 0.2) is 70.8 Å². The summed E-state index contributed by atoms with van der Waals surface area (Å²) >= 11 is 6.35. The van der Waals surface area contributed by atoms with Crippen molar-refractivity contribution in [1.82, 2.24) is 23.6 Å². The molecule has 1 aliphatic heterocycles. The van der Waals surface area contributed by atoms with Crippen LogP contribution in [0.25, 0.3) is 11.2 Å². The Bertz CT molecular complexity index is 1700. The maximum atomic E-state index is 13.9. The number of fused-ring (bicyclic) bond motifs is 3. The number of anilines is 3. The Labute approximate surface area is 230 Å². The van der Waals surface area contributed by atoms with Gasteiger partial charge >= 0.3 is 5.69 Å². The van der Waals surface area contributed by atoms with E-state index in [2.05, 4.69) is 16.8 Å². The summed E-state index contributed by atoms with van der Waals surface area (Å²) in [5.74, 6) is 0.414. The molecule has 0 saturated heterocycles. The van der Waals surface area contributed by atoms with Crippen LogP contribution in [-0.4, -0.2) is 56.7 Å². The fourth-order valence-corrected chi connectivity index (χ4v) is 5.32. The number of amides is 1. The Kier molecular flexibility index (Phi) is 7.16. The Morgan fingerprint density at radius 2 is 1.95 bits per heavy atom. The summed E-state index contributed by atoms with van der Waals surface area (Å²) in [6.07, 6.45) is 1.22. The average Bonchev–Trinajstić information content (AvgIpc) is 3.30. The molecule has 0 fully saturated rings. The third-order valence-electron chi connectivity index (χ3n) is 6.86. The molecule has 1 aliphatic rings. The molecule has 39 heavy (non-hydrogen) atoms. The fraction of sp³-hybridized carbons (Fsp3) is 0.286. The quantitative estimate of drug-likeness (QED) is 0.357. The fourth-order valence-electron chi connectivity index (χ4n) is 5.13. The number of halogens is 1. The molecule has 2 aromatic heterocycles. The second-order valence-electron chi connectivity index (χ2n) is 10.0. The van der Waals surface area contributed by atoms with Gasteiger partial charge in [0.05, 0.1) is 6.54 Å². The lowest BCUT2D eigenvalue weighted by atomic mass is 10.1. The number of imidazole rings is 1. The van der Waals surface area contributed by atoms with Crippen LogP contribution in [0.4, 0.5) is 17.3 Å². The van der Waals surface area contributed by atoms with Gasteiger partial charge in [-0.15, -0.1) is 0 Å². The maximum absolute atomic E-state index is 13.9. The Morgan fingerprint density at radius 3 is 2.67 bits per heavy atom. The first-order valence-electron chi connectivity index (χ1n) is 12.6. The molecule has 10 nitrogen and oxygen atoms in total. The minimum Gasteiger partial charge on any atom is -0.322 e. The zero-order valence-corrected chi connectivity index (χ0v) is 22.9. The molecule has 0 bridgehead atoms. The van der Waals surface area contributed by atoms with E-state index < -0.39 is 11.2 Å². The summed E-state index contributed by atoms with van der Waals surface area (Å²) in [6, 6.07) is 14.6. The third kappa shape index (κ3) is 5.00. The number of nitrogens with one attached hydrogen (secondary N) is 1. The van der Waals surface area contributed by atoms with Crippen molar-refractivity contribution < 1.29 is 4.79 Å². The van der Waals surface area contributed by atoms with Crippen LogP contribution in [-0.2, 0) is 24.9 Å². The minimum absolute atomic E-state index is 0.0531. The molecule has 5 rings (SSSR count). The first-order valence-corrected chi connectivity index (χ1v) is 12.9. The highest BCUT2D eigenvalue weighted by molar-refractivity contribution is 6.31. The molecule has 1 N–H and O–H groups in total. The molecule has 1 atom stereocenters. The summed E-state index contributed by atoms with van der Waals surface area (Å²) in [6.45, 7) is 5.55. The summed E-state index contributed by atoms with van der Waals surface area (Å²) in [7, 11) is 5.65. The molecular formula is C28H30ClN7O3. The topological polar surface area (TPSA) is 97.4 Å². The maximum Gasteiger partial charge on any atom is 0.332 e. The molecule has 1 amide bonds. The summed E-state index contributed by atoms with van der Waals surface area (Å²) in [5, 5.41) is 3.29. The van der Waals surface area contributed by atoms with Gasteiger partial charge in [0.1, 0.15) is 0 Å². The van der Waals surface area contributed by atoms with Gasteiger partial charge in [-0.25, -0.2) is 4.79 Å². The molecule has 0 spiro atoms. The molecule has 0 saturated carbocycles. The normalized spacial score (nSPS) is 15.0. The molecule has 0 aliphatic carbocycles. The number of benzene rings is 2. The van der Waals surface area contributed by atoms with Crippen LogP contribution in [0.2, 0.25) is 5.02 Å². The monoisotopic (exact) mass is 547 g/mol. The van der Waals surface area contributed by atoms with E-state index in [0.717, 1.165) is 12.2 Å². The molecule has 0 radical (unpaired) electrons. The van der Waals surface area contributed by atoms with Crippen molar-refractivity contribution in [3.63, 3.8) is 0 Å². The summed E-state index contributed by atoms with van der Waals surface area (Å²) in [5.41, 5.74) is 1.91. The second-order valence-corrected chi connectivity index (χ2v) is 10.4. The Balaban J connectivity index is 1.68. The van der Waals surface area contributed by atoms with Crippen molar-refractivity contribution >= 4 is 46.0 Å². The molecule has 1 unspecified atom stereocenters. The molecule has 3 heterocycles. The number of hydrogen-bond acceptors (Lipinski definition) is 6. The smallest absolute Gasteiger partial charge is 0.322 e. The van der Waals surface area contributed by atoms with Gasteiger partial charge in [0, 0.05) is 49.0 Å². The van der Waals surface area contributed by atoms with Gasteiger partial charge in [0.25, 0.3) is 5.56 Å². The second kappa shape index (κ2) is 10.5. The van der Waals surface area contributed by atoms with Crippen molar-refractivity contribution in [2.24, 2.45) is 13.0 Å². The zero-order chi connectivity index (χ0) is 27.8. The lowest BCUT2D eigenvalue weighted by Gasteiger charge is -2.35.